The average Bonchev–Trinajstić information content (AvgIpc) is 2.27. The zero-order chi connectivity index (χ0) is 13.0. The highest BCUT2D eigenvalue weighted by Crippen LogP contribution is 2.28. The first kappa shape index (κ1) is 14.1. The molecule has 0 fully saturated rings. The number of amides is 1. The van der Waals surface area contributed by atoms with Crippen LogP contribution in [0.3, 0.4) is 0 Å². The van der Waals surface area contributed by atoms with Gasteiger partial charge in [0.1, 0.15) is 0 Å². The van der Waals surface area contributed by atoms with Crippen LogP contribution in [0.1, 0.15) is 24.9 Å². The van der Waals surface area contributed by atoms with Crippen LogP contribution in [0.4, 0.5) is 0 Å². The molecule has 1 amide bonds. The van der Waals surface area contributed by atoms with Gasteiger partial charge in [0.15, 0.2) is 0 Å². The molecule has 1 aromatic carbocycles. The molecule has 0 N–H and O–H groups in total. The third-order valence-corrected chi connectivity index (χ3v) is 3.08. The van der Waals surface area contributed by atoms with Gasteiger partial charge in [-0.25, -0.2) is 0 Å². The molecule has 1 atom stereocenters. The Morgan fingerprint density at radius 2 is 1.94 bits per heavy atom. The smallest absolute Gasteiger partial charge is 0.246 e. The Labute approximate surface area is 112 Å². The Morgan fingerprint density at radius 1 is 1.41 bits per heavy atom. The summed E-state index contributed by atoms with van der Waals surface area (Å²) < 4.78 is 0. The van der Waals surface area contributed by atoms with Crippen LogP contribution in [0.2, 0.25) is 10.0 Å². The Hall–Kier alpha value is -0.990. The predicted octanol–water partition coefficient (Wildman–Crippen LogP) is 4.09. The van der Waals surface area contributed by atoms with Crippen LogP contribution in [0, 0.1) is 0 Å². The summed E-state index contributed by atoms with van der Waals surface area (Å²) >= 11 is 11.9. The van der Waals surface area contributed by atoms with Crippen LogP contribution in [-0.4, -0.2) is 17.9 Å². The quantitative estimate of drug-likeness (QED) is 0.756. The molecule has 0 saturated heterocycles. The maximum Gasteiger partial charge on any atom is 0.246 e. The topological polar surface area (TPSA) is 20.3 Å². The molecule has 92 valence electrons. The Morgan fingerprint density at radius 3 is 2.35 bits per heavy atom. The van der Waals surface area contributed by atoms with E-state index in [1.54, 1.807) is 18.0 Å². The van der Waals surface area contributed by atoms with E-state index < -0.39 is 0 Å². The summed E-state index contributed by atoms with van der Waals surface area (Å²) in [6.45, 7) is 5.49. The third kappa shape index (κ3) is 3.48. The van der Waals surface area contributed by atoms with Crippen LogP contribution >= 0.6 is 23.2 Å². The molecular weight excluding hydrogens is 257 g/mol. The number of carbonyl (C=O) groups is 1. The molecule has 4 heteroatoms. The molecule has 2 nitrogen and oxygen atoms in total. The van der Waals surface area contributed by atoms with Gasteiger partial charge in [0, 0.05) is 17.1 Å². The summed E-state index contributed by atoms with van der Waals surface area (Å²) in [7, 11) is 1.74. The number of likely N-dealkylation sites (N-methyl/N-ethyl adjacent to an activating group) is 1. The van der Waals surface area contributed by atoms with Gasteiger partial charge in [-0.2, -0.15) is 0 Å². The molecule has 0 aliphatic rings. The van der Waals surface area contributed by atoms with Gasteiger partial charge in [0.25, 0.3) is 0 Å². The maximum atomic E-state index is 11.6. The van der Waals surface area contributed by atoms with Crippen LogP contribution in [0.5, 0.6) is 0 Å². The van der Waals surface area contributed by atoms with Gasteiger partial charge in [-0.1, -0.05) is 36.7 Å². The highest BCUT2D eigenvalue weighted by Gasteiger charge is 2.18. The first-order valence-electron chi connectivity index (χ1n) is 5.34. The number of hydrogen-bond donors (Lipinski definition) is 0. The molecule has 17 heavy (non-hydrogen) atoms. The largest absolute Gasteiger partial charge is 0.335 e. The van der Waals surface area contributed by atoms with Gasteiger partial charge < -0.3 is 4.90 Å². The van der Waals surface area contributed by atoms with Crippen molar-refractivity contribution >= 4 is 29.1 Å². The van der Waals surface area contributed by atoms with Crippen molar-refractivity contribution in [1.82, 2.24) is 4.90 Å². The number of hydrogen-bond acceptors (Lipinski definition) is 1. The second-order valence-electron chi connectivity index (χ2n) is 3.78. The first-order valence-corrected chi connectivity index (χ1v) is 6.10. The van der Waals surface area contributed by atoms with E-state index in [-0.39, 0.29) is 11.9 Å². The van der Waals surface area contributed by atoms with Gasteiger partial charge in [-0.3, -0.25) is 4.79 Å². The Bertz CT molecular complexity index is 411. The number of carbonyl (C=O) groups excluding carboxylic acids is 1. The highest BCUT2D eigenvalue weighted by atomic mass is 35.5. The van der Waals surface area contributed by atoms with Crippen molar-refractivity contribution in [1.29, 1.82) is 0 Å². The van der Waals surface area contributed by atoms with Crippen molar-refractivity contribution < 1.29 is 4.79 Å². The van der Waals surface area contributed by atoms with Crippen molar-refractivity contribution in [3.8, 4) is 0 Å². The SMILES string of the molecule is C=CC(=O)N(C)C(CC)c1cc(Cl)cc(Cl)c1. The fourth-order valence-electron chi connectivity index (χ4n) is 1.80. The van der Waals surface area contributed by atoms with E-state index in [4.69, 9.17) is 23.2 Å². The lowest BCUT2D eigenvalue weighted by molar-refractivity contribution is -0.127. The fourth-order valence-corrected chi connectivity index (χ4v) is 2.34. The standard InChI is InChI=1S/C13H15Cl2NO/c1-4-12(16(3)13(17)5-2)9-6-10(14)8-11(15)7-9/h5-8,12H,2,4H2,1,3H3. The summed E-state index contributed by atoms with van der Waals surface area (Å²) in [5.74, 6) is -0.118. The minimum atomic E-state index is -0.118. The Balaban J connectivity index is 3.08. The minimum Gasteiger partial charge on any atom is -0.335 e. The summed E-state index contributed by atoms with van der Waals surface area (Å²) in [5, 5.41) is 1.15. The van der Waals surface area contributed by atoms with Crippen LogP contribution < -0.4 is 0 Å². The molecular formula is C13H15Cl2NO. The number of halogens is 2. The molecule has 0 bridgehead atoms. The zero-order valence-corrected chi connectivity index (χ0v) is 11.4. The lowest BCUT2D eigenvalue weighted by Crippen LogP contribution is -2.29. The molecule has 0 aliphatic carbocycles. The molecule has 1 rings (SSSR count). The normalized spacial score (nSPS) is 12.0. The number of rotatable bonds is 4. The van der Waals surface area contributed by atoms with Gasteiger partial charge in [0.05, 0.1) is 6.04 Å². The lowest BCUT2D eigenvalue weighted by atomic mass is 10.0. The van der Waals surface area contributed by atoms with Crippen molar-refractivity contribution in [2.24, 2.45) is 0 Å². The van der Waals surface area contributed by atoms with Crippen LogP contribution in [-0.2, 0) is 4.79 Å². The number of benzene rings is 1. The molecule has 0 radical (unpaired) electrons. The molecule has 0 spiro atoms. The molecule has 1 aromatic rings. The van der Waals surface area contributed by atoms with E-state index in [2.05, 4.69) is 6.58 Å². The van der Waals surface area contributed by atoms with E-state index in [0.717, 1.165) is 12.0 Å². The molecule has 0 heterocycles. The average molecular weight is 272 g/mol. The van der Waals surface area contributed by atoms with Crippen molar-refractivity contribution in [3.05, 3.63) is 46.5 Å². The summed E-state index contributed by atoms with van der Waals surface area (Å²) in [4.78, 5) is 13.2. The molecule has 0 aliphatic heterocycles. The van der Waals surface area contributed by atoms with Gasteiger partial charge in [-0.15, -0.1) is 0 Å². The van der Waals surface area contributed by atoms with E-state index in [9.17, 15) is 4.79 Å². The highest BCUT2D eigenvalue weighted by molar-refractivity contribution is 6.34. The first-order chi connectivity index (χ1) is 7.99. The van der Waals surface area contributed by atoms with Crippen LogP contribution in [0.25, 0.3) is 0 Å². The van der Waals surface area contributed by atoms with Crippen molar-refractivity contribution in [3.63, 3.8) is 0 Å². The van der Waals surface area contributed by atoms with E-state index in [1.807, 2.05) is 19.1 Å². The third-order valence-electron chi connectivity index (χ3n) is 2.65. The van der Waals surface area contributed by atoms with E-state index >= 15 is 0 Å². The lowest BCUT2D eigenvalue weighted by Gasteiger charge is -2.27. The van der Waals surface area contributed by atoms with E-state index in [1.165, 1.54) is 6.08 Å². The molecule has 0 aromatic heterocycles. The second-order valence-corrected chi connectivity index (χ2v) is 4.65. The van der Waals surface area contributed by atoms with Crippen molar-refractivity contribution in [2.75, 3.05) is 7.05 Å². The van der Waals surface area contributed by atoms with Gasteiger partial charge in [0.2, 0.25) is 5.91 Å². The van der Waals surface area contributed by atoms with Crippen molar-refractivity contribution in [2.45, 2.75) is 19.4 Å². The summed E-state index contributed by atoms with van der Waals surface area (Å²) in [6, 6.07) is 5.29. The Kier molecular flexibility index (Phi) is 5.03. The maximum absolute atomic E-state index is 11.6. The van der Waals surface area contributed by atoms with Gasteiger partial charge in [-0.05, 0) is 36.3 Å². The fraction of sp³-hybridized carbons (Fsp3) is 0.308. The molecule has 0 saturated carbocycles. The second kappa shape index (κ2) is 6.08. The number of nitrogens with zero attached hydrogens (tertiary/aromatic N) is 1. The van der Waals surface area contributed by atoms with E-state index in [0.29, 0.717) is 10.0 Å². The monoisotopic (exact) mass is 271 g/mol. The summed E-state index contributed by atoms with van der Waals surface area (Å²) in [6.07, 6.45) is 2.08. The summed E-state index contributed by atoms with van der Waals surface area (Å²) in [5.41, 5.74) is 0.933. The minimum absolute atomic E-state index is 0.0447. The predicted molar refractivity (Wildman–Crippen MR) is 72.5 cm³/mol. The molecule has 1 unspecified atom stereocenters. The van der Waals surface area contributed by atoms with Gasteiger partial charge >= 0.3 is 0 Å². The van der Waals surface area contributed by atoms with Crippen LogP contribution in [0.15, 0.2) is 30.9 Å². The zero-order valence-electron chi connectivity index (χ0n) is 9.91.